The predicted octanol–water partition coefficient (Wildman–Crippen LogP) is 4.66. The number of nitrogens with one attached hydrogen (secondary N) is 2. The van der Waals surface area contributed by atoms with E-state index in [9.17, 15) is 14.4 Å². The first-order chi connectivity index (χ1) is 15.3. The molecule has 6 nitrogen and oxygen atoms in total. The third kappa shape index (κ3) is 4.03. The number of imide groups is 1. The Morgan fingerprint density at radius 2 is 1.47 bits per heavy atom. The van der Waals surface area contributed by atoms with Crippen LogP contribution < -0.4 is 15.5 Å². The van der Waals surface area contributed by atoms with E-state index >= 15 is 0 Å². The van der Waals surface area contributed by atoms with Gasteiger partial charge in [0.2, 0.25) is 5.91 Å². The van der Waals surface area contributed by atoms with E-state index in [0.29, 0.717) is 28.2 Å². The van der Waals surface area contributed by atoms with Crippen molar-refractivity contribution in [2.45, 2.75) is 20.8 Å². The first kappa shape index (κ1) is 21.1. The van der Waals surface area contributed by atoms with E-state index < -0.39 is 11.8 Å². The number of amides is 3. The monoisotopic (exact) mass is 425 g/mol. The highest BCUT2D eigenvalue weighted by Gasteiger charge is 2.40. The molecule has 0 saturated heterocycles. The van der Waals surface area contributed by atoms with Crippen LogP contribution in [0.3, 0.4) is 0 Å². The van der Waals surface area contributed by atoms with Gasteiger partial charge >= 0.3 is 0 Å². The minimum atomic E-state index is -0.431. The third-order valence-electron chi connectivity index (χ3n) is 5.37. The topological polar surface area (TPSA) is 78.5 Å². The zero-order chi connectivity index (χ0) is 22.8. The Kier molecular flexibility index (Phi) is 5.60. The number of aryl methyl sites for hydroxylation is 2. The SMILES string of the molecule is CC(=O)Nc1ccc(N2C(=O)C(Nc3ccccc3)=C(c3ccc(C)c(C)c3)C2=O)cc1. The Morgan fingerprint density at radius 3 is 2.09 bits per heavy atom. The summed E-state index contributed by atoms with van der Waals surface area (Å²) in [6.45, 7) is 5.40. The van der Waals surface area contributed by atoms with Crippen LogP contribution in [0.15, 0.2) is 78.5 Å². The molecule has 1 aliphatic heterocycles. The van der Waals surface area contributed by atoms with Crippen molar-refractivity contribution in [3.05, 3.63) is 95.2 Å². The summed E-state index contributed by atoms with van der Waals surface area (Å²) in [6, 6.07) is 21.6. The van der Waals surface area contributed by atoms with Gasteiger partial charge in [-0.05, 0) is 66.9 Å². The van der Waals surface area contributed by atoms with Crippen LogP contribution in [-0.2, 0) is 14.4 Å². The lowest BCUT2D eigenvalue weighted by Crippen LogP contribution is -2.32. The molecule has 0 saturated carbocycles. The summed E-state index contributed by atoms with van der Waals surface area (Å²) >= 11 is 0. The van der Waals surface area contributed by atoms with Crippen LogP contribution in [0.2, 0.25) is 0 Å². The highest BCUT2D eigenvalue weighted by molar-refractivity contribution is 6.46. The Morgan fingerprint density at radius 1 is 0.781 bits per heavy atom. The standard InChI is InChI=1S/C26H23N3O3/c1-16-9-10-19(15-17(16)2)23-24(28-20-7-5-4-6-8-20)26(32)29(25(23)31)22-13-11-21(12-14-22)27-18(3)30/h4-15,28H,1-3H3,(H,27,30). The fourth-order valence-electron chi connectivity index (χ4n) is 3.61. The number of hydrogen-bond acceptors (Lipinski definition) is 4. The molecule has 0 radical (unpaired) electrons. The molecule has 0 spiro atoms. The summed E-state index contributed by atoms with van der Waals surface area (Å²) in [5.74, 6) is -1.03. The zero-order valence-electron chi connectivity index (χ0n) is 18.1. The molecule has 0 aliphatic carbocycles. The number of hydrogen-bond donors (Lipinski definition) is 2. The van der Waals surface area contributed by atoms with Gasteiger partial charge in [0.1, 0.15) is 5.70 Å². The highest BCUT2D eigenvalue weighted by atomic mass is 16.2. The van der Waals surface area contributed by atoms with Gasteiger partial charge < -0.3 is 10.6 Å². The van der Waals surface area contributed by atoms with Gasteiger partial charge in [0.25, 0.3) is 11.8 Å². The number of nitrogens with zero attached hydrogens (tertiary/aromatic N) is 1. The summed E-state index contributed by atoms with van der Waals surface area (Å²) in [5, 5.41) is 5.83. The van der Waals surface area contributed by atoms with Gasteiger partial charge in [-0.1, -0.05) is 36.4 Å². The van der Waals surface area contributed by atoms with Crippen LogP contribution in [0.1, 0.15) is 23.6 Å². The van der Waals surface area contributed by atoms with Gasteiger partial charge in [-0.15, -0.1) is 0 Å². The van der Waals surface area contributed by atoms with Crippen LogP contribution in [0.4, 0.5) is 17.1 Å². The van der Waals surface area contributed by atoms with E-state index in [0.717, 1.165) is 16.0 Å². The molecule has 3 amide bonds. The molecule has 0 bridgehead atoms. The number of benzene rings is 3. The maximum atomic E-state index is 13.5. The number of carbonyl (C=O) groups excluding carboxylic acids is 3. The minimum Gasteiger partial charge on any atom is -0.350 e. The van der Waals surface area contributed by atoms with Crippen molar-refractivity contribution in [2.24, 2.45) is 0 Å². The van der Waals surface area contributed by atoms with Crippen LogP contribution in [0, 0.1) is 13.8 Å². The molecule has 32 heavy (non-hydrogen) atoms. The van der Waals surface area contributed by atoms with Gasteiger partial charge in [-0.2, -0.15) is 0 Å². The molecular formula is C26H23N3O3. The number of carbonyl (C=O) groups is 3. The zero-order valence-corrected chi connectivity index (χ0v) is 18.1. The molecule has 2 N–H and O–H groups in total. The summed E-state index contributed by atoms with van der Waals surface area (Å²) < 4.78 is 0. The van der Waals surface area contributed by atoms with Crippen LogP contribution >= 0.6 is 0 Å². The average molecular weight is 425 g/mol. The number of anilines is 3. The van der Waals surface area contributed by atoms with E-state index in [4.69, 9.17) is 0 Å². The molecule has 1 aliphatic rings. The Balaban J connectivity index is 1.77. The maximum Gasteiger partial charge on any atom is 0.282 e. The molecular weight excluding hydrogens is 402 g/mol. The normalized spacial score (nSPS) is 13.5. The van der Waals surface area contributed by atoms with Crippen LogP contribution in [-0.4, -0.2) is 17.7 Å². The van der Waals surface area contributed by atoms with Crippen molar-refractivity contribution >= 4 is 40.4 Å². The minimum absolute atomic E-state index is 0.195. The molecule has 0 fully saturated rings. The summed E-state index contributed by atoms with van der Waals surface area (Å²) in [6.07, 6.45) is 0. The van der Waals surface area contributed by atoms with Gasteiger partial charge in [0.05, 0.1) is 11.3 Å². The lowest BCUT2D eigenvalue weighted by molar-refractivity contribution is -0.120. The highest BCUT2D eigenvalue weighted by Crippen LogP contribution is 2.34. The van der Waals surface area contributed by atoms with E-state index in [-0.39, 0.29) is 11.6 Å². The molecule has 3 aromatic rings. The largest absolute Gasteiger partial charge is 0.350 e. The van der Waals surface area contributed by atoms with Gasteiger partial charge in [-0.25, -0.2) is 4.90 Å². The van der Waals surface area contributed by atoms with Crippen molar-refractivity contribution in [1.29, 1.82) is 0 Å². The molecule has 0 unspecified atom stereocenters. The van der Waals surface area contributed by atoms with Gasteiger partial charge in [-0.3, -0.25) is 14.4 Å². The lowest BCUT2D eigenvalue weighted by Gasteiger charge is -2.16. The fourth-order valence-corrected chi connectivity index (χ4v) is 3.61. The molecule has 0 aromatic heterocycles. The lowest BCUT2D eigenvalue weighted by atomic mass is 9.99. The van der Waals surface area contributed by atoms with Crippen LogP contribution in [0.25, 0.3) is 5.57 Å². The first-order valence-corrected chi connectivity index (χ1v) is 10.3. The summed E-state index contributed by atoms with van der Waals surface area (Å²) in [7, 11) is 0. The molecule has 0 atom stereocenters. The molecule has 4 rings (SSSR count). The predicted molar refractivity (Wildman–Crippen MR) is 126 cm³/mol. The average Bonchev–Trinajstić information content (AvgIpc) is 3.01. The van der Waals surface area contributed by atoms with Crippen molar-refractivity contribution < 1.29 is 14.4 Å². The summed E-state index contributed by atoms with van der Waals surface area (Å²) in [4.78, 5) is 39.4. The Hall–Kier alpha value is -4.19. The summed E-state index contributed by atoms with van der Waals surface area (Å²) in [5.41, 5.74) is 5.12. The molecule has 160 valence electrons. The Labute approximate surface area is 186 Å². The van der Waals surface area contributed by atoms with E-state index in [1.165, 1.54) is 6.92 Å². The molecule has 6 heteroatoms. The number of para-hydroxylation sites is 1. The van der Waals surface area contributed by atoms with Crippen molar-refractivity contribution in [3.63, 3.8) is 0 Å². The smallest absolute Gasteiger partial charge is 0.282 e. The van der Waals surface area contributed by atoms with Gasteiger partial charge in [0.15, 0.2) is 0 Å². The van der Waals surface area contributed by atoms with Crippen molar-refractivity contribution in [3.8, 4) is 0 Å². The van der Waals surface area contributed by atoms with E-state index in [1.54, 1.807) is 24.3 Å². The second-order valence-electron chi connectivity index (χ2n) is 7.71. The number of rotatable bonds is 5. The van der Waals surface area contributed by atoms with Crippen molar-refractivity contribution in [1.82, 2.24) is 0 Å². The van der Waals surface area contributed by atoms with E-state index in [2.05, 4.69) is 10.6 Å². The Bertz CT molecular complexity index is 1250. The first-order valence-electron chi connectivity index (χ1n) is 10.3. The second kappa shape index (κ2) is 8.51. The maximum absolute atomic E-state index is 13.5. The third-order valence-corrected chi connectivity index (χ3v) is 5.37. The van der Waals surface area contributed by atoms with E-state index in [1.807, 2.05) is 62.4 Å². The quantitative estimate of drug-likeness (QED) is 0.583. The van der Waals surface area contributed by atoms with Gasteiger partial charge in [0, 0.05) is 18.3 Å². The molecule has 3 aromatic carbocycles. The van der Waals surface area contributed by atoms with Crippen molar-refractivity contribution in [2.75, 3.05) is 15.5 Å². The molecule has 1 heterocycles. The van der Waals surface area contributed by atoms with Crippen LogP contribution in [0.5, 0.6) is 0 Å². The second-order valence-corrected chi connectivity index (χ2v) is 7.71. The fraction of sp³-hybridized carbons (Fsp3) is 0.115.